The number of phenols is 1. The van der Waals surface area contributed by atoms with Gasteiger partial charge < -0.3 is 5.11 Å². The second-order valence-corrected chi connectivity index (χ2v) is 6.66. The molecule has 2 heterocycles. The minimum atomic E-state index is -0.328. The van der Waals surface area contributed by atoms with Crippen LogP contribution in [-0.4, -0.2) is 19.9 Å². The summed E-state index contributed by atoms with van der Waals surface area (Å²) in [6.45, 7) is 1.75. The number of nitrogens with one attached hydrogen (secondary N) is 1. The van der Waals surface area contributed by atoms with Crippen LogP contribution in [0.25, 0.3) is 16.4 Å². The fourth-order valence-corrected chi connectivity index (χ4v) is 3.35. The van der Waals surface area contributed by atoms with Gasteiger partial charge in [0.1, 0.15) is 5.75 Å². The zero-order valence-electron chi connectivity index (χ0n) is 14.3. The predicted octanol–water partition coefficient (Wildman–Crippen LogP) is 4.72. The molecule has 7 nitrogen and oxygen atoms in total. The van der Waals surface area contributed by atoms with E-state index in [1.54, 1.807) is 25.1 Å². The summed E-state index contributed by atoms with van der Waals surface area (Å²) in [4.78, 5) is 17.3. The molecule has 134 valence electrons. The van der Waals surface area contributed by atoms with Crippen LogP contribution in [-0.2, 0) is 0 Å². The molecule has 0 bridgehead atoms. The lowest BCUT2D eigenvalue weighted by molar-refractivity contribution is 0.475. The number of phenolic OH excluding ortho intramolecular Hbond substituents is 1. The van der Waals surface area contributed by atoms with E-state index < -0.39 is 0 Å². The molecule has 2 aromatic heterocycles. The highest BCUT2D eigenvalue weighted by Gasteiger charge is 2.15. The molecule has 0 unspecified atom stereocenters. The van der Waals surface area contributed by atoms with Crippen LogP contribution in [0.1, 0.15) is 5.69 Å². The summed E-state index contributed by atoms with van der Waals surface area (Å²) in [7, 11) is 0. The number of hydrogen-bond acceptors (Lipinski definition) is 6. The molecule has 8 heteroatoms. The summed E-state index contributed by atoms with van der Waals surface area (Å²) in [6.07, 6.45) is 0. The maximum absolute atomic E-state index is 12.7. The minimum absolute atomic E-state index is 0.0888. The van der Waals surface area contributed by atoms with Crippen molar-refractivity contribution in [3.05, 3.63) is 76.0 Å². The molecule has 0 amide bonds. The molecule has 0 spiro atoms. The lowest BCUT2D eigenvalue weighted by Gasteiger charge is -1.95. The largest absolute Gasteiger partial charge is 0.508 e. The number of benzene rings is 2. The van der Waals surface area contributed by atoms with Crippen molar-refractivity contribution in [3.8, 4) is 22.1 Å². The quantitative estimate of drug-likeness (QED) is 0.504. The molecule has 4 rings (SSSR count). The van der Waals surface area contributed by atoms with Gasteiger partial charge in [0.25, 0.3) is 0 Å². The van der Waals surface area contributed by atoms with E-state index in [1.165, 1.54) is 22.1 Å². The Morgan fingerprint density at radius 3 is 2.70 bits per heavy atom. The number of aromatic nitrogens is 3. The standard InChI is InChI=1S/C19H15N5O2S/c1-12-17(22-21-14-8-5-9-15(25)10-14)18(26)24(23-12)19-20-16(11-27-19)13-6-3-2-4-7-13/h2-11,23,25H,1H3. The fourth-order valence-electron chi connectivity index (χ4n) is 2.56. The summed E-state index contributed by atoms with van der Waals surface area (Å²) >= 11 is 1.37. The lowest BCUT2D eigenvalue weighted by atomic mass is 10.2. The van der Waals surface area contributed by atoms with Crippen molar-refractivity contribution >= 4 is 22.7 Å². The third kappa shape index (κ3) is 3.42. The van der Waals surface area contributed by atoms with Crippen LogP contribution in [0.2, 0.25) is 0 Å². The Morgan fingerprint density at radius 2 is 1.93 bits per heavy atom. The molecule has 27 heavy (non-hydrogen) atoms. The van der Waals surface area contributed by atoms with Gasteiger partial charge in [0, 0.05) is 17.0 Å². The zero-order valence-corrected chi connectivity index (χ0v) is 15.1. The second kappa shape index (κ2) is 7.00. The third-order valence-electron chi connectivity index (χ3n) is 3.89. The Bertz CT molecular complexity index is 1170. The molecule has 0 aliphatic heterocycles. The molecular weight excluding hydrogens is 362 g/mol. The number of H-pyrrole nitrogens is 1. The number of hydrogen-bond donors (Lipinski definition) is 2. The van der Waals surface area contributed by atoms with Crippen molar-refractivity contribution in [3.63, 3.8) is 0 Å². The van der Waals surface area contributed by atoms with Crippen LogP contribution in [0.5, 0.6) is 5.75 Å². The Kier molecular flexibility index (Phi) is 4.39. The number of thiazole rings is 1. The van der Waals surface area contributed by atoms with E-state index in [0.717, 1.165) is 11.3 Å². The van der Waals surface area contributed by atoms with Gasteiger partial charge >= 0.3 is 5.56 Å². The number of aromatic amines is 1. The maximum Gasteiger partial charge on any atom is 0.301 e. The average Bonchev–Trinajstić information content (AvgIpc) is 3.26. The van der Waals surface area contributed by atoms with E-state index in [9.17, 15) is 9.90 Å². The number of aryl methyl sites for hydroxylation is 1. The van der Waals surface area contributed by atoms with Crippen molar-refractivity contribution in [2.24, 2.45) is 10.2 Å². The summed E-state index contributed by atoms with van der Waals surface area (Å²) in [5.41, 5.74) is 2.71. The zero-order chi connectivity index (χ0) is 18.8. The Hall–Kier alpha value is -3.52. The maximum atomic E-state index is 12.7. The van der Waals surface area contributed by atoms with Gasteiger partial charge in [-0.1, -0.05) is 36.4 Å². The number of aromatic hydroxyl groups is 1. The normalized spacial score (nSPS) is 11.3. The van der Waals surface area contributed by atoms with Crippen LogP contribution in [0.3, 0.4) is 0 Å². The van der Waals surface area contributed by atoms with E-state index in [2.05, 4.69) is 20.3 Å². The molecule has 4 aromatic rings. The monoisotopic (exact) mass is 377 g/mol. The first-order valence-electron chi connectivity index (χ1n) is 8.15. The van der Waals surface area contributed by atoms with Gasteiger partial charge in [-0.15, -0.1) is 16.5 Å². The van der Waals surface area contributed by atoms with Crippen molar-refractivity contribution < 1.29 is 5.11 Å². The number of azo groups is 1. The number of rotatable bonds is 4. The predicted molar refractivity (Wildman–Crippen MR) is 105 cm³/mol. The van der Waals surface area contributed by atoms with Crippen LogP contribution in [0.4, 0.5) is 11.4 Å². The SMILES string of the molecule is Cc1[nH]n(-c2nc(-c3ccccc3)cs2)c(=O)c1N=Nc1cccc(O)c1. The average molecular weight is 377 g/mol. The van der Waals surface area contributed by atoms with Crippen molar-refractivity contribution in [1.82, 2.24) is 14.8 Å². The Labute approximate surface area is 158 Å². The van der Waals surface area contributed by atoms with Crippen LogP contribution in [0.15, 0.2) is 75.0 Å². The molecular formula is C19H15N5O2S. The summed E-state index contributed by atoms with van der Waals surface area (Å²) < 4.78 is 1.36. The van der Waals surface area contributed by atoms with Crippen LogP contribution >= 0.6 is 11.3 Å². The Morgan fingerprint density at radius 1 is 1.11 bits per heavy atom. The van der Waals surface area contributed by atoms with Crippen molar-refractivity contribution in [1.29, 1.82) is 0 Å². The minimum Gasteiger partial charge on any atom is -0.508 e. The molecule has 0 saturated heterocycles. The molecule has 2 aromatic carbocycles. The van der Waals surface area contributed by atoms with Crippen molar-refractivity contribution in [2.75, 3.05) is 0 Å². The molecule has 0 radical (unpaired) electrons. The van der Waals surface area contributed by atoms with E-state index in [0.29, 0.717) is 16.5 Å². The lowest BCUT2D eigenvalue weighted by Crippen LogP contribution is -2.13. The molecule has 0 atom stereocenters. The smallest absolute Gasteiger partial charge is 0.301 e. The van der Waals surface area contributed by atoms with Gasteiger partial charge in [-0.2, -0.15) is 9.80 Å². The highest BCUT2D eigenvalue weighted by Crippen LogP contribution is 2.25. The van der Waals surface area contributed by atoms with Crippen LogP contribution in [0, 0.1) is 6.92 Å². The van der Waals surface area contributed by atoms with Gasteiger partial charge in [-0.25, -0.2) is 4.98 Å². The van der Waals surface area contributed by atoms with E-state index in [1.807, 2.05) is 35.7 Å². The van der Waals surface area contributed by atoms with Crippen LogP contribution < -0.4 is 5.56 Å². The number of nitrogens with zero attached hydrogens (tertiary/aromatic N) is 4. The fraction of sp³-hybridized carbons (Fsp3) is 0.0526. The van der Waals surface area contributed by atoms with Gasteiger partial charge in [0.05, 0.1) is 17.1 Å². The van der Waals surface area contributed by atoms with Crippen molar-refractivity contribution in [2.45, 2.75) is 6.92 Å². The summed E-state index contributed by atoms with van der Waals surface area (Å²) in [5.74, 6) is 0.0888. The first-order valence-corrected chi connectivity index (χ1v) is 9.03. The van der Waals surface area contributed by atoms with E-state index in [-0.39, 0.29) is 17.0 Å². The first kappa shape index (κ1) is 16.9. The van der Waals surface area contributed by atoms with Gasteiger partial charge in [0.15, 0.2) is 5.69 Å². The van der Waals surface area contributed by atoms with E-state index in [4.69, 9.17) is 0 Å². The molecule has 0 aliphatic carbocycles. The second-order valence-electron chi connectivity index (χ2n) is 5.83. The summed E-state index contributed by atoms with van der Waals surface area (Å²) in [6, 6.07) is 16.1. The Balaban J connectivity index is 1.67. The highest BCUT2D eigenvalue weighted by molar-refractivity contribution is 7.12. The van der Waals surface area contributed by atoms with E-state index >= 15 is 0 Å². The first-order chi connectivity index (χ1) is 13.1. The molecule has 0 fully saturated rings. The van der Waals surface area contributed by atoms with Gasteiger partial charge in [0.2, 0.25) is 5.13 Å². The summed E-state index contributed by atoms with van der Waals surface area (Å²) in [5, 5.41) is 23.0. The molecule has 0 saturated carbocycles. The molecule has 0 aliphatic rings. The molecule has 2 N–H and O–H groups in total. The van der Waals surface area contributed by atoms with Gasteiger partial charge in [-0.05, 0) is 19.1 Å². The van der Waals surface area contributed by atoms with Gasteiger partial charge in [-0.3, -0.25) is 9.89 Å². The highest BCUT2D eigenvalue weighted by atomic mass is 32.1. The third-order valence-corrected chi connectivity index (χ3v) is 4.71. The topological polar surface area (TPSA) is 95.6 Å².